The van der Waals surface area contributed by atoms with Crippen LogP contribution in [0, 0.1) is 19.3 Å². The van der Waals surface area contributed by atoms with E-state index in [4.69, 9.17) is 10.8 Å². The van der Waals surface area contributed by atoms with Crippen molar-refractivity contribution in [1.29, 1.82) is 0 Å². The lowest BCUT2D eigenvalue weighted by Gasteiger charge is -1.83. The first-order valence-corrected chi connectivity index (χ1v) is 3.68. The monoisotopic (exact) mass is 154 g/mol. The normalized spacial score (nSPS) is 9.20. The lowest BCUT2D eigenvalue weighted by Crippen LogP contribution is -1.72. The third-order valence-corrected chi connectivity index (χ3v) is 1.51. The average molecular weight is 154 g/mol. The smallest absolute Gasteiger partial charge is 0.277 e. The summed E-state index contributed by atoms with van der Waals surface area (Å²) in [5.74, 6) is 3.60. The van der Waals surface area contributed by atoms with Crippen molar-refractivity contribution in [2.45, 2.75) is 12.1 Å². The van der Waals surface area contributed by atoms with Gasteiger partial charge in [0.1, 0.15) is 0 Å². The SMILES string of the molecule is C#CCSc1nnc(C)o1. The zero-order valence-corrected chi connectivity index (χ0v) is 6.31. The van der Waals surface area contributed by atoms with Crippen LogP contribution in [0.2, 0.25) is 0 Å². The Morgan fingerprint density at radius 2 is 2.50 bits per heavy atom. The molecule has 0 atom stereocenters. The van der Waals surface area contributed by atoms with E-state index in [-0.39, 0.29) is 0 Å². The van der Waals surface area contributed by atoms with Crippen molar-refractivity contribution in [3.63, 3.8) is 0 Å². The molecule has 0 fully saturated rings. The second-order valence-corrected chi connectivity index (χ2v) is 2.51. The van der Waals surface area contributed by atoms with E-state index in [0.29, 0.717) is 16.9 Å². The lowest BCUT2D eigenvalue weighted by molar-refractivity contribution is 0.429. The van der Waals surface area contributed by atoms with Gasteiger partial charge in [-0.3, -0.25) is 0 Å². The van der Waals surface area contributed by atoms with Gasteiger partial charge in [-0.05, 0) is 0 Å². The number of hydrogen-bond acceptors (Lipinski definition) is 4. The number of hydrogen-bond donors (Lipinski definition) is 0. The molecule has 1 rings (SSSR count). The molecule has 0 unspecified atom stereocenters. The third-order valence-electron chi connectivity index (χ3n) is 0.786. The highest BCUT2D eigenvalue weighted by atomic mass is 32.2. The summed E-state index contributed by atoms with van der Waals surface area (Å²) < 4.78 is 5.03. The molecule has 0 N–H and O–H groups in total. The van der Waals surface area contributed by atoms with Crippen LogP contribution in [0.4, 0.5) is 0 Å². The fourth-order valence-corrected chi connectivity index (χ4v) is 0.925. The van der Waals surface area contributed by atoms with Crippen molar-refractivity contribution >= 4 is 11.8 Å². The van der Waals surface area contributed by atoms with Crippen molar-refractivity contribution < 1.29 is 4.42 Å². The second-order valence-electron chi connectivity index (χ2n) is 1.58. The fourth-order valence-electron chi connectivity index (χ4n) is 0.440. The molecule has 0 bridgehead atoms. The van der Waals surface area contributed by atoms with Crippen molar-refractivity contribution in [1.82, 2.24) is 10.2 Å². The van der Waals surface area contributed by atoms with E-state index in [1.165, 1.54) is 11.8 Å². The quantitative estimate of drug-likeness (QED) is 0.472. The highest BCUT2D eigenvalue weighted by Gasteiger charge is 1.99. The Morgan fingerprint density at radius 1 is 1.70 bits per heavy atom. The molecular formula is C6H6N2OS. The van der Waals surface area contributed by atoms with Gasteiger partial charge in [-0.15, -0.1) is 16.6 Å². The summed E-state index contributed by atoms with van der Waals surface area (Å²) in [6.45, 7) is 1.74. The van der Waals surface area contributed by atoms with E-state index < -0.39 is 0 Å². The molecule has 1 heterocycles. The number of terminal acetylenes is 1. The summed E-state index contributed by atoms with van der Waals surface area (Å²) in [6.07, 6.45) is 5.02. The van der Waals surface area contributed by atoms with Gasteiger partial charge in [-0.25, -0.2) is 0 Å². The van der Waals surface area contributed by atoms with Gasteiger partial charge in [-0.2, -0.15) is 0 Å². The molecule has 0 saturated heterocycles. The molecule has 0 aromatic carbocycles. The molecule has 0 aliphatic heterocycles. The highest BCUT2D eigenvalue weighted by Crippen LogP contribution is 2.13. The van der Waals surface area contributed by atoms with E-state index in [2.05, 4.69) is 16.1 Å². The van der Waals surface area contributed by atoms with Crippen LogP contribution in [0.15, 0.2) is 9.64 Å². The Morgan fingerprint density at radius 3 is 3.00 bits per heavy atom. The minimum Gasteiger partial charge on any atom is -0.416 e. The Labute approximate surface area is 63.2 Å². The van der Waals surface area contributed by atoms with Gasteiger partial charge in [-0.1, -0.05) is 17.7 Å². The molecule has 10 heavy (non-hydrogen) atoms. The van der Waals surface area contributed by atoms with E-state index >= 15 is 0 Å². The first-order valence-electron chi connectivity index (χ1n) is 2.69. The van der Waals surface area contributed by atoms with Gasteiger partial charge in [0, 0.05) is 6.92 Å². The molecule has 0 aliphatic rings. The molecule has 4 heteroatoms. The molecule has 0 amide bonds. The van der Waals surface area contributed by atoms with Crippen molar-refractivity contribution in [3.8, 4) is 12.3 Å². The Bertz CT molecular complexity index is 250. The topological polar surface area (TPSA) is 38.9 Å². The van der Waals surface area contributed by atoms with Crippen molar-refractivity contribution in [2.24, 2.45) is 0 Å². The van der Waals surface area contributed by atoms with Crippen LogP contribution < -0.4 is 0 Å². The van der Waals surface area contributed by atoms with E-state index in [0.717, 1.165) is 0 Å². The minimum absolute atomic E-state index is 0.537. The number of thioether (sulfide) groups is 1. The number of nitrogens with zero attached hydrogens (tertiary/aromatic N) is 2. The highest BCUT2D eigenvalue weighted by molar-refractivity contribution is 7.99. The Balaban J connectivity index is 2.52. The average Bonchev–Trinajstić information content (AvgIpc) is 2.31. The van der Waals surface area contributed by atoms with Gasteiger partial charge in [0.15, 0.2) is 0 Å². The molecule has 1 aromatic rings. The summed E-state index contributed by atoms with van der Waals surface area (Å²) in [4.78, 5) is 0. The van der Waals surface area contributed by atoms with Gasteiger partial charge < -0.3 is 4.42 Å². The standard InChI is InChI=1S/C6H6N2OS/c1-3-4-10-6-8-7-5(2)9-6/h1H,4H2,2H3. The third kappa shape index (κ3) is 1.78. The fraction of sp³-hybridized carbons (Fsp3) is 0.333. The van der Waals surface area contributed by atoms with Gasteiger partial charge in [0.05, 0.1) is 5.75 Å². The van der Waals surface area contributed by atoms with Gasteiger partial charge in [0.25, 0.3) is 5.22 Å². The second kappa shape index (κ2) is 3.28. The number of aromatic nitrogens is 2. The van der Waals surface area contributed by atoms with Gasteiger partial charge in [0.2, 0.25) is 5.89 Å². The van der Waals surface area contributed by atoms with E-state index in [1.807, 2.05) is 0 Å². The van der Waals surface area contributed by atoms with Crippen LogP contribution in [0.25, 0.3) is 0 Å². The molecular weight excluding hydrogens is 148 g/mol. The van der Waals surface area contributed by atoms with Crippen molar-refractivity contribution in [2.75, 3.05) is 5.75 Å². The summed E-state index contributed by atoms with van der Waals surface area (Å²) >= 11 is 1.36. The molecule has 0 aliphatic carbocycles. The molecule has 0 spiro atoms. The number of aryl methyl sites for hydroxylation is 1. The summed E-state index contributed by atoms with van der Waals surface area (Å²) in [6, 6.07) is 0. The maximum absolute atomic E-state index is 5.03. The maximum Gasteiger partial charge on any atom is 0.277 e. The van der Waals surface area contributed by atoms with Gasteiger partial charge >= 0.3 is 0 Å². The predicted molar refractivity (Wildman–Crippen MR) is 38.6 cm³/mol. The first-order chi connectivity index (χ1) is 4.83. The van der Waals surface area contributed by atoms with Crippen LogP contribution in [0.5, 0.6) is 0 Å². The Hall–Kier alpha value is -0.950. The molecule has 1 aromatic heterocycles. The van der Waals surface area contributed by atoms with Crippen LogP contribution in [0.3, 0.4) is 0 Å². The van der Waals surface area contributed by atoms with Crippen molar-refractivity contribution in [3.05, 3.63) is 5.89 Å². The maximum atomic E-state index is 5.03. The summed E-state index contributed by atoms with van der Waals surface area (Å²) in [5.41, 5.74) is 0. The van der Waals surface area contributed by atoms with Crippen LogP contribution in [-0.4, -0.2) is 16.0 Å². The lowest BCUT2D eigenvalue weighted by atomic mass is 10.8. The van der Waals surface area contributed by atoms with Crippen LogP contribution in [0.1, 0.15) is 5.89 Å². The summed E-state index contributed by atoms with van der Waals surface area (Å²) in [7, 11) is 0. The van der Waals surface area contributed by atoms with Crippen LogP contribution >= 0.6 is 11.8 Å². The zero-order valence-electron chi connectivity index (χ0n) is 5.50. The molecule has 52 valence electrons. The summed E-state index contributed by atoms with van der Waals surface area (Å²) in [5, 5.41) is 7.90. The molecule has 0 radical (unpaired) electrons. The zero-order chi connectivity index (χ0) is 7.40. The predicted octanol–water partition coefficient (Wildman–Crippen LogP) is 1.10. The largest absolute Gasteiger partial charge is 0.416 e. The van der Waals surface area contributed by atoms with Crippen LogP contribution in [-0.2, 0) is 0 Å². The minimum atomic E-state index is 0.537. The molecule has 3 nitrogen and oxygen atoms in total. The first kappa shape index (κ1) is 7.16. The molecule has 0 saturated carbocycles. The van der Waals surface area contributed by atoms with E-state index in [9.17, 15) is 0 Å². The van der Waals surface area contributed by atoms with E-state index in [1.54, 1.807) is 6.92 Å². The Kier molecular flexibility index (Phi) is 2.35. The number of rotatable bonds is 2.